The third kappa shape index (κ3) is 7.96. The van der Waals surface area contributed by atoms with Crippen molar-refractivity contribution in [3.8, 4) is 67.6 Å². The lowest BCUT2D eigenvalue weighted by Gasteiger charge is -2.17. The Morgan fingerprint density at radius 1 is 0.181 bits per heavy atom. The van der Waals surface area contributed by atoms with Crippen LogP contribution in [-0.4, -0.2) is 28.2 Å². The largest absolute Gasteiger partial charge is 0.309 e. The molecule has 0 spiro atoms. The van der Waals surface area contributed by atoms with Gasteiger partial charge in [0.05, 0.1) is 55.3 Å². The van der Waals surface area contributed by atoms with Crippen molar-refractivity contribution in [3.05, 3.63) is 328 Å². The zero-order valence-electron chi connectivity index (χ0n) is 50.9. The van der Waals surface area contributed by atoms with E-state index in [9.17, 15) is 0 Å². The molecule has 6 nitrogen and oxygen atoms in total. The van der Waals surface area contributed by atoms with Crippen LogP contribution in [0.5, 0.6) is 0 Å². The first kappa shape index (κ1) is 52.2. The van der Waals surface area contributed by atoms with Crippen molar-refractivity contribution in [3.63, 3.8) is 0 Å². The van der Waals surface area contributed by atoms with Gasteiger partial charge in [-0.25, -0.2) is 9.97 Å². The monoisotopic (exact) mass is 1190 g/mol. The van der Waals surface area contributed by atoms with E-state index in [-0.39, 0.29) is 0 Å². The van der Waals surface area contributed by atoms with Crippen LogP contribution in [0.3, 0.4) is 0 Å². The molecule has 0 bridgehead atoms. The quantitative estimate of drug-likeness (QED) is 0.142. The van der Waals surface area contributed by atoms with Gasteiger partial charge < -0.3 is 18.3 Å². The van der Waals surface area contributed by atoms with Gasteiger partial charge in [0.1, 0.15) is 0 Å². The molecular weight excluding hydrogens is 1140 g/mol. The highest BCUT2D eigenvalue weighted by Crippen LogP contribution is 2.44. The van der Waals surface area contributed by atoms with E-state index in [2.05, 4.69) is 346 Å². The number of para-hydroxylation sites is 6. The molecule has 0 unspecified atom stereocenters. The maximum absolute atomic E-state index is 5.73. The van der Waals surface area contributed by atoms with Crippen molar-refractivity contribution in [2.75, 3.05) is 0 Å². The van der Waals surface area contributed by atoms with Crippen molar-refractivity contribution < 1.29 is 0 Å². The Balaban J connectivity index is 0.815. The number of aromatic nitrogens is 6. The van der Waals surface area contributed by atoms with Crippen LogP contribution in [0.25, 0.3) is 187 Å². The van der Waals surface area contributed by atoms with Gasteiger partial charge in [-0.05, 0) is 166 Å². The van der Waals surface area contributed by atoms with Crippen LogP contribution in [0.15, 0.2) is 328 Å². The number of hydrogen-bond donors (Lipinski definition) is 0. The zero-order chi connectivity index (χ0) is 61.5. The molecule has 0 saturated carbocycles. The minimum Gasteiger partial charge on any atom is -0.309 e. The van der Waals surface area contributed by atoms with Gasteiger partial charge in [0.15, 0.2) is 5.82 Å². The molecule has 20 aromatic rings. The minimum atomic E-state index is 0.677. The average molecular weight is 1200 g/mol. The van der Waals surface area contributed by atoms with E-state index in [4.69, 9.17) is 9.97 Å². The Labute approximate surface area is 540 Å². The fourth-order valence-electron chi connectivity index (χ4n) is 15.4. The lowest BCUT2D eigenvalue weighted by Crippen LogP contribution is -2.02. The molecule has 0 radical (unpaired) electrons. The second kappa shape index (κ2) is 20.4. The predicted molar refractivity (Wildman–Crippen MR) is 394 cm³/mol. The Hall–Kier alpha value is -12.6. The van der Waals surface area contributed by atoms with Gasteiger partial charge in [-0.3, -0.25) is 0 Å². The van der Waals surface area contributed by atoms with Crippen molar-refractivity contribution in [1.29, 1.82) is 0 Å². The van der Waals surface area contributed by atoms with Gasteiger partial charge in [-0.2, -0.15) is 0 Å². The third-order valence-electron chi connectivity index (χ3n) is 19.7. The molecule has 15 aromatic carbocycles. The van der Waals surface area contributed by atoms with Gasteiger partial charge in [0.25, 0.3) is 0 Å². The zero-order valence-corrected chi connectivity index (χ0v) is 50.9. The van der Waals surface area contributed by atoms with Gasteiger partial charge in [0.2, 0.25) is 0 Å². The molecule has 0 fully saturated rings. The Morgan fingerprint density at radius 2 is 0.532 bits per heavy atom. The van der Waals surface area contributed by atoms with Gasteiger partial charge in [0, 0.05) is 87.7 Å². The van der Waals surface area contributed by atoms with Crippen molar-refractivity contribution >= 4 is 120 Å². The first-order valence-electron chi connectivity index (χ1n) is 32.2. The summed E-state index contributed by atoms with van der Waals surface area (Å²) in [6.45, 7) is 0. The summed E-state index contributed by atoms with van der Waals surface area (Å²) in [7, 11) is 0. The molecule has 94 heavy (non-hydrogen) atoms. The Kier molecular flexibility index (Phi) is 11.3. The maximum atomic E-state index is 5.73. The lowest BCUT2D eigenvalue weighted by molar-refractivity contribution is 1.13. The molecule has 0 atom stereocenters. The van der Waals surface area contributed by atoms with Crippen LogP contribution >= 0.6 is 0 Å². The number of fused-ring (bicyclic) bond motifs is 16. The second-order valence-corrected chi connectivity index (χ2v) is 24.9. The van der Waals surface area contributed by atoms with E-state index in [1.165, 1.54) is 81.7 Å². The lowest BCUT2D eigenvalue weighted by atomic mass is 9.99. The number of benzene rings is 15. The first-order chi connectivity index (χ1) is 46.6. The summed E-state index contributed by atoms with van der Waals surface area (Å²) in [6, 6.07) is 120. The molecule has 0 amide bonds. The van der Waals surface area contributed by atoms with E-state index in [0.717, 1.165) is 99.8 Å². The SMILES string of the molecule is c1ccc(-n2c3ccccc3c3cc(-c4ccc5c(c4)c4ccccc4n5-c4cc(-c5nc(-c6ccc7ccccc7c6)nc6c5ccc5ccccc56)cc(-n5c6ccccc6c6cc(-c7ccc8c(c7)c7ccccc7n8-c7ccccc7)ccc65)c4)ccc32)cc1. The van der Waals surface area contributed by atoms with Crippen LogP contribution in [0.1, 0.15) is 0 Å². The highest BCUT2D eigenvalue weighted by molar-refractivity contribution is 6.16. The molecule has 5 heterocycles. The molecule has 5 aromatic heterocycles. The Bertz CT molecular complexity index is 6250. The Morgan fingerprint density at radius 3 is 0.989 bits per heavy atom. The summed E-state index contributed by atoms with van der Waals surface area (Å²) in [6.07, 6.45) is 0. The summed E-state index contributed by atoms with van der Waals surface area (Å²) < 4.78 is 9.71. The molecule has 20 rings (SSSR count). The number of nitrogens with zero attached hydrogens (tertiary/aromatic N) is 6. The van der Waals surface area contributed by atoms with Gasteiger partial charge >= 0.3 is 0 Å². The summed E-state index contributed by atoms with van der Waals surface area (Å²) in [5, 5.41) is 15.1. The van der Waals surface area contributed by atoms with E-state index in [1.807, 2.05) is 0 Å². The number of rotatable bonds is 8. The maximum Gasteiger partial charge on any atom is 0.160 e. The molecule has 0 saturated heterocycles. The average Bonchev–Trinajstić information content (AvgIpc) is 1.49. The van der Waals surface area contributed by atoms with E-state index in [0.29, 0.717) is 5.82 Å². The van der Waals surface area contributed by atoms with Crippen LogP contribution in [0.2, 0.25) is 0 Å². The smallest absolute Gasteiger partial charge is 0.160 e. The summed E-state index contributed by atoms with van der Waals surface area (Å²) in [5.41, 5.74) is 21.9. The fourth-order valence-corrected chi connectivity index (χ4v) is 15.4. The molecule has 0 N–H and O–H groups in total. The topological polar surface area (TPSA) is 45.5 Å². The van der Waals surface area contributed by atoms with Gasteiger partial charge in [-0.1, -0.05) is 200 Å². The fraction of sp³-hybridized carbons (Fsp3) is 0. The van der Waals surface area contributed by atoms with Crippen molar-refractivity contribution in [2.45, 2.75) is 0 Å². The highest BCUT2D eigenvalue weighted by Gasteiger charge is 2.23. The van der Waals surface area contributed by atoms with E-state index in [1.54, 1.807) is 0 Å². The standard InChI is InChI=1S/C88H54N6/c1-3-22-64(23-4-1)91-78-31-15-11-27-69(78)74-50-58(38-43-82(74)91)60-40-45-84-76(52-60)71-29-13-17-33-80(71)93(84)66-48-63(86-73-42-37-56-20-9-10-26-68(56)87(73)90-88(89-86)62-36-35-55-19-7-8-21-57(55)47-62)49-67(54-66)94-81-34-18-14-30-72(81)77-53-61(41-46-85(77)94)59-39-44-83-75(51-59)70-28-12-16-32-79(70)92(83)65-24-5-2-6-25-65/h1-54H. The van der Waals surface area contributed by atoms with E-state index >= 15 is 0 Å². The molecular formula is C88H54N6. The third-order valence-corrected chi connectivity index (χ3v) is 19.7. The molecule has 0 aliphatic heterocycles. The van der Waals surface area contributed by atoms with Gasteiger partial charge in [-0.15, -0.1) is 0 Å². The predicted octanol–water partition coefficient (Wildman–Crippen LogP) is 23.0. The van der Waals surface area contributed by atoms with Crippen molar-refractivity contribution in [2.24, 2.45) is 0 Å². The minimum absolute atomic E-state index is 0.677. The summed E-state index contributed by atoms with van der Waals surface area (Å²) in [4.78, 5) is 11.2. The second-order valence-electron chi connectivity index (χ2n) is 24.9. The van der Waals surface area contributed by atoms with E-state index < -0.39 is 0 Å². The summed E-state index contributed by atoms with van der Waals surface area (Å²) >= 11 is 0. The van der Waals surface area contributed by atoms with Crippen LogP contribution in [0, 0.1) is 0 Å². The molecule has 436 valence electrons. The summed E-state index contributed by atoms with van der Waals surface area (Å²) in [5.74, 6) is 0.677. The normalized spacial score (nSPS) is 12.0. The van der Waals surface area contributed by atoms with Crippen LogP contribution in [0.4, 0.5) is 0 Å². The molecule has 0 aliphatic rings. The molecule has 6 heteroatoms. The number of hydrogen-bond acceptors (Lipinski definition) is 2. The van der Waals surface area contributed by atoms with Crippen molar-refractivity contribution in [1.82, 2.24) is 28.2 Å². The first-order valence-corrected chi connectivity index (χ1v) is 32.2. The molecule has 0 aliphatic carbocycles. The van der Waals surface area contributed by atoms with Crippen LogP contribution in [-0.2, 0) is 0 Å². The highest BCUT2D eigenvalue weighted by atomic mass is 15.0. The van der Waals surface area contributed by atoms with Crippen LogP contribution < -0.4 is 0 Å².